The van der Waals surface area contributed by atoms with Crippen molar-refractivity contribution >= 4 is 21.6 Å². The van der Waals surface area contributed by atoms with Gasteiger partial charge in [-0.2, -0.15) is 0 Å². The summed E-state index contributed by atoms with van der Waals surface area (Å²) < 4.78 is 10.2. The van der Waals surface area contributed by atoms with Crippen molar-refractivity contribution < 1.29 is 9.47 Å². The van der Waals surface area contributed by atoms with Gasteiger partial charge in [-0.1, -0.05) is 19.1 Å². The third-order valence-corrected chi connectivity index (χ3v) is 5.94. The minimum absolute atomic E-state index is 0.0417. The summed E-state index contributed by atoms with van der Waals surface area (Å²) in [6, 6.07) is 8.32. The number of fused-ring (bicyclic) bond motifs is 1. The van der Waals surface area contributed by atoms with Gasteiger partial charge < -0.3 is 9.47 Å². The topological polar surface area (TPSA) is 31.4 Å². The second kappa shape index (κ2) is 9.06. The van der Waals surface area contributed by atoms with Crippen molar-refractivity contribution in [1.29, 1.82) is 0 Å². The highest BCUT2D eigenvalue weighted by atomic mass is 32.1. The highest BCUT2D eigenvalue weighted by Crippen LogP contribution is 2.41. The molecule has 2 heterocycles. The minimum Gasteiger partial charge on any atom is -0.497 e. The average Bonchev–Trinajstić information content (AvgIpc) is 2.98. The molecule has 0 N–H and O–H groups in total. The molecular weight excluding hydrogens is 366 g/mol. The largest absolute Gasteiger partial charge is 0.497 e. The molecule has 0 fully saturated rings. The average molecular weight is 400 g/mol. The van der Waals surface area contributed by atoms with Crippen LogP contribution in [0.25, 0.3) is 21.3 Å². The molecule has 0 amide bonds. The molecule has 0 bridgehead atoms. The molecule has 4 heteroatoms. The van der Waals surface area contributed by atoms with E-state index >= 15 is 0 Å². The molecule has 0 aliphatic rings. The first-order valence-electron chi connectivity index (χ1n) is 9.71. The quantitative estimate of drug-likeness (QED) is 0.480. The number of hydrogen-bond acceptors (Lipinski definition) is 4. The number of thiophene rings is 1. The van der Waals surface area contributed by atoms with E-state index in [1.54, 1.807) is 25.6 Å². The van der Waals surface area contributed by atoms with Crippen LogP contribution in [0.4, 0.5) is 0 Å². The van der Waals surface area contributed by atoms with Crippen molar-refractivity contribution in [2.45, 2.75) is 60.5 Å². The van der Waals surface area contributed by atoms with Crippen LogP contribution in [0.1, 0.15) is 49.4 Å². The Labute approximate surface area is 173 Å². The number of pyridine rings is 1. The maximum atomic E-state index is 5.27. The predicted molar refractivity (Wildman–Crippen MR) is 122 cm³/mol. The molecule has 0 radical (unpaired) electrons. The molecule has 3 aromatic rings. The van der Waals surface area contributed by atoms with Crippen molar-refractivity contribution in [3.63, 3.8) is 0 Å². The van der Waals surface area contributed by atoms with Crippen LogP contribution < -0.4 is 4.74 Å². The second-order valence-electron chi connectivity index (χ2n) is 7.91. The second-order valence-corrected chi connectivity index (χ2v) is 9.12. The Kier molecular flexibility index (Phi) is 7.24. The van der Waals surface area contributed by atoms with Gasteiger partial charge in [-0.3, -0.25) is 0 Å². The Bertz CT molecular complexity index is 934. The number of hydrogen-bond donors (Lipinski definition) is 0. The summed E-state index contributed by atoms with van der Waals surface area (Å²) in [6.07, 6.45) is 1.03. The Morgan fingerprint density at radius 3 is 2.04 bits per heavy atom. The maximum absolute atomic E-state index is 5.27. The van der Waals surface area contributed by atoms with E-state index in [0.29, 0.717) is 0 Å². The summed E-state index contributed by atoms with van der Waals surface area (Å²) in [7, 11) is 3.41. The molecule has 0 unspecified atom stereocenters. The van der Waals surface area contributed by atoms with Crippen LogP contribution in [0.15, 0.2) is 24.3 Å². The molecule has 3 nitrogen and oxygen atoms in total. The highest BCUT2D eigenvalue weighted by molar-refractivity contribution is 7.19. The smallest absolute Gasteiger partial charge is 0.124 e. The standard InChI is InChI=1S/C19H21NOS.C5H12O/c1-6-16-11(2)17-18(13(4)22-19(17)20-12(16)3)14-7-9-15(21-5)10-8-14;1-5(2,3)6-4/h7-10H,6H2,1-5H3;1-4H3. The van der Waals surface area contributed by atoms with Crippen LogP contribution in [0.3, 0.4) is 0 Å². The predicted octanol–water partition coefficient (Wildman–Crippen LogP) is 6.89. The molecule has 0 aliphatic carbocycles. The molecular formula is C24H33NO2S. The number of aryl methyl sites for hydroxylation is 3. The fourth-order valence-corrected chi connectivity index (χ4v) is 4.38. The van der Waals surface area contributed by atoms with Crippen molar-refractivity contribution in [3.8, 4) is 16.9 Å². The van der Waals surface area contributed by atoms with Crippen LogP contribution in [-0.2, 0) is 11.2 Å². The van der Waals surface area contributed by atoms with E-state index in [1.807, 2.05) is 32.9 Å². The van der Waals surface area contributed by atoms with Crippen molar-refractivity contribution in [2.75, 3.05) is 14.2 Å². The van der Waals surface area contributed by atoms with Crippen molar-refractivity contribution in [1.82, 2.24) is 4.98 Å². The monoisotopic (exact) mass is 399 g/mol. The lowest BCUT2D eigenvalue weighted by Gasteiger charge is -2.14. The number of ether oxygens (including phenoxy) is 2. The molecule has 0 saturated carbocycles. The number of aromatic nitrogens is 1. The Balaban J connectivity index is 0.000000409. The molecule has 2 aromatic heterocycles. The summed E-state index contributed by atoms with van der Waals surface area (Å²) in [4.78, 5) is 7.31. The van der Waals surface area contributed by atoms with Gasteiger partial charge >= 0.3 is 0 Å². The molecule has 1 aromatic carbocycles. The fourth-order valence-electron chi connectivity index (χ4n) is 3.22. The molecule has 0 aliphatic heterocycles. The lowest BCUT2D eigenvalue weighted by molar-refractivity contribution is 0.0397. The molecule has 152 valence electrons. The molecule has 3 rings (SSSR count). The zero-order valence-electron chi connectivity index (χ0n) is 18.7. The summed E-state index contributed by atoms with van der Waals surface area (Å²) >= 11 is 1.79. The normalized spacial score (nSPS) is 11.3. The number of rotatable bonds is 3. The lowest BCUT2D eigenvalue weighted by Crippen LogP contribution is -2.15. The third kappa shape index (κ3) is 4.92. The SMILES string of the molecule is CCc1c(C)nc2sc(C)c(-c3ccc(OC)cc3)c2c1C.COC(C)(C)C. The van der Waals surface area contributed by atoms with Gasteiger partial charge in [-0.15, -0.1) is 11.3 Å². The van der Waals surface area contributed by atoms with Gasteiger partial charge in [0.25, 0.3) is 0 Å². The van der Waals surface area contributed by atoms with E-state index in [9.17, 15) is 0 Å². The van der Waals surface area contributed by atoms with E-state index in [4.69, 9.17) is 14.5 Å². The number of methoxy groups -OCH3 is 2. The van der Waals surface area contributed by atoms with Gasteiger partial charge in [0.15, 0.2) is 0 Å². The Morgan fingerprint density at radius 1 is 1.00 bits per heavy atom. The Morgan fingerprint density at radius 2 is 1.57 bits per heavy atom. The molecule has 0 spiro atoms. The molecule has 28 heavy (non-hydrogen) atoms. The minimum atomic E-state index is 0.0417. The molecule has 0 saturated heterocycles. The van der Waals surface area contributed by atoms with Crippen LogP contribution >= 0.6 is 11.3 Å². The first kappa shape index (κ1) is 22.4. The van der Waals surface area contributed by atoms with Gasteiger partial charge in [0.1, 0.15) is 10.6 Å². The van der Waals surface area contributed by atoms with Crippen molar-refractivity contribution in [2.24, 2.45) is 0 Å². The van der Waals surface area contributed by atoms with Crippen LogP contribution in [-0.4, -0.2) is 24.8 Å². The van der Waals surface area contributed by atoms with Gasteiger partial charge in [0.2, 0.25) is 0 Å². The summed E-state index contributed by atoms with van der Waals surface area (Å²) in [5, 5.41) is 1.31. The maximum Gasteiger partial charge on any atom is 0.124 e. The van der Waals surface area contributed by atoms with Gasteiger partial charge in [0.05, 0.1) is 12.7 Å². The zero-order valence-corrected chi connectivity index (χ0v) is 19.5. The lowest BCUT2D eigenvalue weighted by atomic mass is 9.96. The van der Waals surface area contributed by atoms with Gasteiger partial charge in [0, 0.05) is 28.6 Å². The first-order valence-corrected chi connectivity index (χ1v) is 10.5. The van der Waals surface area contributed by atoms with E-state index in [2.05, 4.69) is 39.8 Å². The van der Waals surface area contributed by atoms with Gasteiger partial charge in [-0.05, 0) is 76.8 Å². The van der Waals surface area contributed by atoms with E-state index in [1.165, 1.54) is 32.5 Å². The summed E-state index contributed by atoms with van der Waals surface area (Å²) in [5.41, 5.74) is 6.51. The summed E-state index contributed by atoms with van der Waals surface area (Å²) in [5.74, 6) is 0.890. The van der Waals surface area contributed by atoms with Gasteiger partial charge in [-0.25, -0.2) is 4.98 Å². The first-order chi connectivity index (χ1) is 13.1. The van der Waals surface area contributed by atoms with E-state index < -0.39 is 0 Å². The Hall–Kier alpha value is -1.91. The summed E-state index contributed by atoms with van der Waals surface area (Å²) in [6.45, 7) is 14.8. The number of nitrogens with zero attached hydrogens (tertiary/aromatic N) is 1. The van der Waals surface area contributed by atoms with E-state index in [-0.39, 0.29) is 5.60 Å². The number of benzene rings is 1. The van der Waals surface area contributed by atoms with Crippen LogP contribution in [0.5, 0.6) is 5.75 Å². The molecule has 0 atom stereocenters. The third-order valence-electron chi connectivity index (χ3n) is 4.94. The highest BCUT2D eigenvalue weighted by Gasteiger charge is 2.17. The van der Waals surface area contributed by atoms with Crippen LogP contribution in [0, 0.1) is 20.8 Å². The van der Waals surface area contributed by atoms with Crippen molar-refractivity contribution in [3.05, 3.63) is 46.0 Å². The fraction of sp³-hybridized carbons (Fsp3) is 0.458. The van der Waals surface area contributed by atoms with Crippen LogP contribution in [0.2, 0.25) is 0 Å². The zero-order chi connectivity index (χ0) is 21.1. The van der Waals surface area contributed by atoms with E-state index in [0.717, 1.165) is 22.7 Å².